The number of benzene rings is 1. The normalized spacial score (nSPS) is 11.7. The Bertz CT molecular complexity index is 542. The van der Waals surface area contributed by atoms with Gasteiger partial charge in [0, 0.05) is 12.7 Å². The van der Waals surface area contributed by atoms with Gasteiger partial charge in [0.1, 0.15) is 0 Å². The maximum atomic E-state index is 11.8. The zero-order valence-corrected chi connectivity index (χ0v) is 12.3. The molecule has 2 amide bonds. The molecule has 4 nitrogen and oxygen atoms in total. The van der Waals surface area contributed by atoms with Crippen molar-refractivity contribution in [3.63, 3.8) is 0 Å². The smallest absolute Gasteiger partial charge is 0.315 e. The third-order valence-corrected chi connectivity index (χ3v) is 3.25. The van der Waals surface area contributed by atoms with E-state index in [-0.39, 0.29) is 12.1 Å². The Balaban J connectivity index is 1.66. The Kier molecular flexibility index (Phi) is 5.76. The number of nitrogens with one attached hydrogen (secondary N) is 2. The lowest BCUT2D eigenvalue weighted by Crippen LogP contribution is -2.37. The molecule has 0 unspecified atom stereocenters. The van der Waals surface area contributed by atoms with Crippen LogP contribution < -0.4 is 10.6 Å². The third kappa shape index (κ3) is 5.26. The van der Waals surface area contributed by atoms with Crippen LogP contribution in [0.1, 0.15) is 30.6 Å². The molecule has 2 rings (SSSR count). The molecule has 110 valence electrons. The number of nitrogens with zero attached hydrogens (tertiary/aromatic N) is 1. The molecule has 1 aromatic heterocycles. The molecule has 0 spiro atoms. The Morgan fingerprint density at radius 3 is 2.62 bits per heavy atom. The minimum atomic E-state index is -0.152. The summed E-state index contributed by atoms with van der Waals surface area (Å²) in [6.45, 7) is 2.58. The van der Waals surface area contributed by atoms with E-state index in [9.17, 15) is 4.79 Å². The number of hydrogen-bond acceptors (Lipinski definition) is 2. The van der Waals surface area contributed by atoms with Crippen molar-refractivity contribution in [2.24, 2.45) is 0 Å². The molecule has 2 aromatic rings. The van der Waals surface area contributed by atoms with Crippen LogP contribution in [-0.4, -0.2) is 17.6 Å². The van der Waals surface area contributed by atoms with Crippen LogP contribution in [0.15, 0.2) is 54.7 Å². The van der Waals surface area contributed by atoms with Gasteiger partial charge in [0.2, 0.25) is 0 Å². The molecule has 1 aromatic carbocycles. The first kappa shape index (κ1) is 15.0. The summed E-state index contributed by atoms with van der Waals surface area (Å²) in [5.74, 6) is 0. The molecule has 0 bridgehead atoms. The average Bonchev–Trinajstić information content (AvgIpc) is 2.53. The third-order valence-electron chi connectivity index (χ3n) is 3.25. The van der Waals surface area contributed by atoms with E-state index in [0.717, 1.165) is 18.5 Å². The van der Waals surface area contributed by atoms with Crippen LogP contribution >= 0.6 is 0 Å². The van der Waals surface area contributed by atoms with Crippen LogP contribution in [0.3, 0.4) is 0 Å². The Hall–Kier alpha value is -2.36. The lowest BCUT2D eigenvalue weighted by atomic mass is 10.1. The van der Waals surface area contributed by atoms with Crippen molar-refractivity contribution < 1.29 is 4.79 Å². The van der Waals surface area contributed by atoms with Crippen LogP contribution in [0.5, 0.6) is 0 Å². The van der Waals surface area contributed by atoms with Gasteiger partial charge in [-0.1, -0.05) is 36.4 Å². The molecule has 1 heterocycles. The summed E-state index contributed by atoms with van der Waals surface area (Å²) in [5.41, 5.74) is 2.15. The van der Waals surface area contributed by atoms with Gasteiger partial charge in [-0.2, -0.15) is 0 Å². The minimum Gasteiger partial charge on any atom is -0.338 e. The van der Waals surface area contributed by atoms with Crippen molar-refractivity contribution in [3.8, 4) is 0 Å². The summed E-state index contributed by atoms with van der Waals surface area (Å²) in [7, 11) is 0. The maximum Gasteiger partial charge on any atom is 0.315 e. The molecule has 0 radical (unpaired) electrons. The Morgan fingerprint density at radius 1 is 1.14 bits per heavy atom. The number of aromatic nitrogens is 1. The first-order valence-electron chi connectivity index (χ1n) is 7.25. The molecule has 0 fully saturated rings. The number of aryl methyl sites for hydroxylation is 1. The average molecular weight is 283 g/mol. The van der Waals surface area contributed by atoms with E-state index >= 15 is 0 Å². The van der Waals surface area contributed by atoms with Gasteiger partial charge in [-0.25, -0.2) is 4.79 Å². The van der Waals surface area contributed by atoms with E-state index in [1.165, 1.54) is 5.56 Å². The fraction of sp³-hybridized carbons (Fsp3) is 0.294. The highest BCUT2D eigenvalue weighted by Crippen LogP contribution is 2.07. The number of pyridine rings is 1. The van der Waals surface area contributed by atoms with Crippen molar-refractivity contribution in [1.82, 2.24) is 15.6 Å². The first-order chi connectivity index (χ1) is 10.3. The van der Waals surface area contributed by atoms with Gasteiger partial charge in [0.25, 0.3) is 0 Å². The van der Waals surface area contributed by atoms with Crippen LogP contribution in [-0.2, 0) is 6.42 Å². The van der Waals surface area contributed by atoms with Crippen LogP contribution in [0, 0.1) is 0 Å². The SMILES string of the molecule is C[C@H](NC(=O)NCCCc1ccccc1)c1ccccn1. The first-order valence-corrected chi connectivity index (χ1v) is 7.25. The van der Waals surface area contributed by atoms with E-state index < -0.39 is 0 Å². The van der Waals surface area contributed by atoms with Crippen molar-refractivity contribution >= 4 is 6.03 Å². The molecule has 0 aliphatic heterocycles. The molecule has 0 aliphatic rings. The van der Waals surface area contributed by atoms with Gasteiger partial charge in [0.15, 0.2) is 0 Å². The molecule has 4 heteroatoms. The summed E-state index contributed by atoms with van der Waals surface area (Å²) >= 11 is 0. The van der Waals surface area contributed by atoms with Gasteiger partial charge in [-0.3, -0.25) is 4.98 Å². The highest BCUT2D eigenvalue weighted by atomic mass is 16.2. The Labute approximate surface area is 125 Å². The van der Waals surface area contributed by atoms with Crippen molar-refractivity contribution in [1.29, 1.82) is 0 Å². The van der Waals surface area contributed by atoms with E-state index in [2.05, 4.69) is 27.8 Å². The number of hydrogen-bond donors (Lipinski definition) is 2. The molecule has 21 heavy (non-hydrogen) atoms. The van der Waals surface area contributed by atoms with E-state index in [1.807, 2.05) is 43.3 Å². The predicted molar refractivity (Wildman–Crippen MR) is 83.9 cm³/mol. The molecule has 0 aliphatic carbocycles. The van der Waals surface area contributed by atoms with Crippen molar-refractivity contribution in [2.45, 2.75) is 25.8 Å². The molecule has 0 saturated carbocycles. The molecule has 0 saturated heterocycles. The number of urea groups is 1. The van der Waals surface area contributed by atoms with Gasteiger partial charge in [0.05, 0.1) is 11.7 Å². The fourth-order valence-electron chi connectivity index (χ4n) is 2.09. The molecule has 1 atom stereocenters. The minimum absolute atomic E-state index is 0.0969. The number of amides is 2. The van der Waals surface area contributed by atoms with E-state index in [1.54, 1.807) is 6.20 Å². The van der Waals surface area contributed by atoms with Crippen molar-refractivity contribution in [2.75, 3.05) is 6.54 Å². The van der Waals surface area contributed by atoms with Crippen molar-refractivity contribution in [3.05, 3.63) is 66.0 Å². The lowest BCUT2D eigenvalue weighted by Gasteiger charge is -2.14. The maximum absolute atomic E-state index is 11.8. The van der Waals surface area contributed by atoms with Crippen LogP contribution in [0.2, 0.25) is 0 Å². The summed E-state index contributed by atoms with van der Waals surface area (Å²) in [6, 6.07) is 15.7. The zero-order valence-electron chi connectivity index (χ0n) is 12.3. The van der Waals surface area contributed by atoms with Gasteiger partial charge in [-0.05, 0) is 37.5 Å². The van der Waals surface area contributed by atoms with Gasteiger partial charge < -0.3 is 10.6 Å². The zero-order chi connectivity index (χ0) is 14.9. The highest BCUT2D eigenvalue weighted by molar-refractivity contribution is 5.74. The largest absolute Gasteiger partial charge is 0.338 e. The monoisotopic (exact) mass is 283 g/mol. The topological polar surface area (TPSA) is 54.0 Å². The van der Waals surface area contributed by atoms with Crippen LogP contribution in [0.25, 0.3) is 0 Å². The Morgan fingerprint density at radius 2 is 1.90 bits per heavy atom. The number of carbonyl (C=O) groups excluding carboxylic acids is 1. The summed E-state index contributed by atoms with van der Waals surface area (Å²) in [4.78, 5) is 16.0. The molecular formula is C17H21N3O. The summed E-state index contributed by atoms with van der Waals surface area (Å²) in [5, 5.41) is 5.76. The molecular weight excluding hydrogens is 262 g/mol. The number of rotatable bonds is 6. The second-order valence-corrected chi connectivity index (χ2v) is 4.97. The van der Waals surface area contributed by atoms with E-state index in [4.69, 9.17) is 0 Å². The van der Waals surface area contributed by atoms with Gasteiger partial charge >= 0.3 is 6.03 Å². The highest BCUT2D eigenvalue weighted by Gasteiger charge is 2.09. The second kappa shape index (κ2) is 8.04. The van der Waals surface area contributed by atoms with Gasteiger partial charge in [-0.15, -0.1) is 0 Å². The summed E-state index contributed by atoms with van der Waals surface area (Å²) < 4.78 is 0. The predicted octanol–water partition coefficient (Wildman–Crippen LogP) is 3.07. The standard InChI is InChI=1S/C17H21N3O/c1-14(16-11-5-6-12-18-16)20-17(21)19-13-7-10-15-8-3-2-4-9-15/h2-6,8-9,11-12,14H,7,10,13H2,1H3,(H2,19,20,21)/t14-/m0/s1. The molecule has 2 N–H and O–H groups in total. The van der Waals surface area contributed by atoms with Crippen LogP contribution in [0.4, 0.5) is 4.79 Å². The quantitative estimate of drug-likeness (QED) is 0.800. The second-order valence-electron chi connectivity index (χ2n) is 4.97. The van der Waals surface area contributed by atoms with E-state index in [0.29, 0.717) is 6.54 Å². The summed E-state index contributed by atoms with van der Waals surface area (Å²) in [6.07, 6.45) is 3.62. The lowest BCUT2D eigenvalue weighted by molar-refractivity contribution is 0.237. The number of carbonyl (C=O) groups is 1. The fourth-order valence-corrected chi connectivity index (χ4v) is 2.09.